The van der Waals surface area contributed by atoms with Crippen molar-refractivity contribution in [1.29, 1.82) is 0 Å². The highest BCUT2D eigenvalue weighted by Gasteiger charge is 2.59. The van der Waals surface area contributed by atoms with Crippen molar-refractivity contribution in [2.45, 2.75) is 156 Å². The van der Waals surface area contributed by atoms with Crippen molar-refractivity contribution in [3.05, 3.63) is 11.6 Å². The molecule has 4 fully saturated rings. The van der Waals surface area contributed by atoms with Crippen LogP contribution in [0.15, 0.2) is 11.6 Å². The Morgan fingerprint density at radius 3 is 2.55 bits per heavy atom. The highest BCUT2D eigenvalue weighted by atomic mass is 28.4. The third-order valence-electron chi connectivity index (χ3n) is 13.3. The van der Waals surface area contributed by atoms with Crippen LogP contribution in [-0.4, -0.2) is 33.3 Å². The van der Waals surface area contributed by atoms with Crippen LogP contribution < -0.4 is 0 Å². The van der Waals surface area contributed by atoms with Gasteiger partial charge in [-0.15, -0.1) is 0 Å². The number of allylic oxidation sites excluding steroid dienone is 1. The lowest BCUT2D eigenvalue weighted by Crippen LogP contribution is -2.51. The Kier molecular flexibility index (Phi) is 8.81. The monoisotopic (exact) mass is 572 g/mol. The van der Waals surface area contributed by atoms with Gasteiger partial charge in [0.05, 0.1) is 6.10 Å². The second-order valence-electron chi connectivity index (χ2n) is 16.5. The lowest BCUT2D eigenvalue weighted by Gasteiger charge is -2.58. The Morgan fingerprint density at radius 2 is 1.85 bits per heavy atom. The van der Waals surface area contributed by atoms with Crippen molar-refractivity contribution in [2.75, 3.05) is 6.61 Å². The second kappa shape index (κ2) is 11.4. The molecule has 1 saturated heterocycles. The van der Waals surface area contributed by atoms with Gasteiger partial charge in [0.2, 0.25) is 0 Å². The fraction of sp³-hybridized carbons (Fsp3) is 0.914. The first-order valence-electron chi connectivity index (χ1n) is 16.9. The van der Waals surface area contributed by atoms with E-state index in [1.807, 2.05) is 0 Å². The summed E-state index contributed by atoms with van der Waals surface area (Å²) in [5.41, 5.74) is 2.48. The van der Waals surface area contributed by atoms with E-state index in [4.69, 9.17) is 13.9 Å². The van der Waals surface area contributed by atoms with Gasteiger partial charge in [0, 0.05) is 13.0 Å². The van der Waals surface area contributed by atoms with Crippen LogP contribution in [0.5, 0.6) is 0 Å². The number of rotatable bonds is 7. The number of fused-ring (bicyclic) bond motifs is 5. The molecule has 0 bridgehead atoms. The maximum atomic E-state index is 12.9. The van der Waals surface area contributed by atoms with Crippen LogP contribution in [0, 0.1) is 40.4 Å². The Balaban J connectivity index is 1.20. The lowest BCUT2D eigenvalue weighted by molar-refractivity contribution is -0.195. The Labute approximate surface area is 246 Å². The highest BCUT2D eigenvalue weighted by molar-refractivity contribution is 6.75. The summed E-state index contributed by atoms with van der Waals surface area (Å²) in [5, 5.41) is 0.0695. The normalized spacial score (nSPS) is 40.9. The predicted octanol–water partition coefficient (Wildman–Crippen LogP) is 9.44. The number of carbonyl (C=O) groups is 1. The quantitative estimate of drug-likeness (QED) is 0.225. The van der Waals surface area contributed by atoms with E-state index in [1.165, 1.54) is 57.8 Å². The van der Waals surface area contributed by atoms with Gasteiger partial charge in [0.15, 0.2) is 6.29 Å². The van der Waals surface area contributed by atoms with Gasteiger partial charge >= 0.3 is 0 Å². The topological polar surface area (TPSA) is 44.8 Å². The standard InChI is InChI=1S/C35H60O4Si/c1-24(12-17-31(36)39-40(7,8)33(2,3)4)28-15-16-29-27-14-13-25-23-26(38-32-11-9-10-22-37-32)18-20-34(25,5)30(27)19-21-35(28,29)6/h13,24,26-30,32H,9-12,14-23H2,1-8H3/t24-,26+,27+,28-,29+,30+,32?,34+,35-/m1/s1. The van der Waals surface area contributed by atoms with Gasteiger partial charge in [0.25, 0.3) is 14.3 Å². The van der Waals surface area contributed by atoms with Crippen molar-refractivity contribution in [3.63, 3.8) is 0 Å². The summed E-state index contributed by atoms with van der Waals surface area (Å²) in [6.07, 6.45) is 18.4. The van der Waals surface area contributed by atoms with Crippen LogP contribution >= 0.6 is 0 Å². The number of carbonyl (C=O) groups excluding carboxylic acids is 1. The van der Waals surface area contributed by atoms with E-state index < -0.39 is 8.32 Å². The molecule has 3 saturated carbocycles. The van der Waals surface area contributed by atoms with E-state index in [9.17, 15) is 4.79 Å². The van der Waals surface area contributed by atoms with Crippen molar-refractivity contribution >= 4 is 14.3 Å². The molecule has 228 valence electrons. The van der Waals surface area contributed by atoms with E-state index in [1.54, 1.807) is 5.57 Å². The molecule has 4 nitrogen and oxygen atoms in total. The Bertz CT molecular complexity index is 946. The molecular formula is C35H60O4Si. The van der Waals surface area contributed by atoms with Crippen LogP contribution in [0.2, 0.25) is 18.1 Å². The van der Waals surface area contributed by atoms with Gasteiger partial charge in [-0.2, -0.15) is 0 Å². The molecule has 5 heteroatoms. The van der Waals surface area contributed by atoms with Crippen LogP contribution in [0.4, 0.5) is 0 Å². The zero-order chi connectivity index (χ0) is 28.9. The minimum atomic E-state index is -2.04. The molecule has 0 spiro atoms. The molecule has 0 N–H and O–H groups in total. The van der Waals surface area contributed by atoms with Crippen LogP contribution in [0.1, 0.15) is 125 Å². The average molecular weight is 573 g/mol. The predicted molar refractivity (Wildman–Crippen MR) is 165 cm³/mol. The molecule has 40 heavy (non-hydrogen) atoms. The van der Waals surface area contributed by atoms with Gasteiger partial charge < -0.3 is 13.9 Å². The largest absolute Gasteiger partial charge is 0.519 e. The summed E-state index contributed by atoms with van der Waals surface area (Å²) in [7, 11) is -2.04. The van der Waals surface area contributed by atoms with Gasteiger partial charge in [0.1, 0.15) is 0 Å². The maximum Gasteiger partial charge on any atom is 0.292 e. The summed E-state index contributed by atoms with van der Waals surface area (Å²) in [6.45, 7) is 19.5. The Hall–Kier alpha value is -0.653. The van der Waals surface area contributed by atoms with Gasteiger partial charge in [-0.05, 0) is 136 Å². The van der Waals surface area contributed by atoms with Gasteiger partial charge in [-0.1, -0.05) is 53.2 Å². The van der Waals surface area contributed by atoms with Gasteiger partial charge in [-0.25, -0.2) is 0 Å². The summed E-state index contributed by atoms with van der Waals surface area (Å²) >= 11 is 0. The molecule has 1 heterocycles. The molecule has 9 atom stereocenters. The Morgan fingerprint density at radius 1 is 1.07 bits per heavy atom. The first-order chi connectivity index (χ1) is 18.7. The molecule has 0 aromatic rings. The number of hydrogen-bond donors (Lipinski definition) is 0. The van der Waals surface area contributed by atoms with E-state index >= 15 is 0 Å². The average Bonchev–Trinajstić information content (AvgIpc) is 3.24. The van der Waals surface area contributed by atoms with Gasteiger partial charge in [-0.3, -0.25) is 4.79 Å². The van der Waals surface area contributed by atoms with Crippen LogP contribution in [0.3, 0.4) is 0 Å². The maximum absolute atomic E-state index is 12.9. The first-order valence-corrected chi connectivity index (χ1v) is 19.8. The zero-order valence-corrected chi connectivity index (χ0v) is 28.2. The molecule has 5 aliphatic rings. The molecule has 0 radical (unpaired) electrons. The number of hydrogen-bond acceptors (Lipinski definition) is 4. The van der Waals surface area contributed by atoms with Crippen LogP contribution in [0.25, 0.3) is 0 Å². The first kappa shape index (κ1) is 30.8. The minimum absolute atomic E-state index is 0.0294. The molecule has 5 rings (SSSR count). The molecule has 0 amide bonds. The molecule has 1 unspecified atom stereocenters. The molecule has 4 aliphatic carbocycles. The van der Waals surface area contributed by atoms with E-state index in [2.05, 4.69) is 60.7 Å². The fourth-order valence-corrected chi connectivity index (χ4v) is 10.8. The molecule has 1 aliphatic heterocycles. The van der Waals surface area contributed by atoms with E-state index in [0.29, 0.717) is 29.3 Å². The minimum Gasteiger partial charge on any atom is -0.519 e. The van der Waals surface area contributed by atoms with Crippen LogP contribution in [-0.2, 0) is 18.7 Å². The lowest BCUT2D eigenvalue weighted by atomic mass is 9.47. The second-order valence-corrected chi connectivity index (χ2v) is 21.3. The summed E-state index contributed by atoms with van der Waals surface area (Å²) in [4.78, 5) is 12.9. The SMILES string of the molecule is C[C@H](CCC(=O)O[Si](C)(C)C(C)(C)C)[C@H]1CC[C@H]2[C@@H]3CC=C4C[C@@H](OC5CCCCO5)CC[C@]4(C)[C@H]3CC[C@]12C. The zero-order valence-electron chi connectivity index (χ0n) is 27.2. The molecule has 0 aromatic carbocycles. The third-order valence-corrected chi connectivity index (χ3v) is 17.6. The third kappa shape index (κ3) is 5.79. The smallest absolute Gasteiger partial charge is 0.292 e. The molecule has 0 aromatic heterocycles. The van der Waals surface area contributed by atoms with Crippen molar-refractivity contribution in [1.82, 2.24) is 0 Å². The van der Waals surface area contributed by atoms with Crippen molar-refractivity contribution in [3.8, 4) is 0 Å². The molecular weight excluding hydrogens is 512 g/mol. The van der Waals surface area contributed by atoms with Crippen molar-refractivity contribution in [2.24, 2.45) is 40.4 Å². The summed E-state index contributed by atoms with van der Waals surface area (Å²) < 4.78 is 18.5. The fourth-order valence-electron chi connectivity index (χ4n) is 9.79. The summed E-state index contributed by atoms with van der Waals surface area (Å²) in [6, 6.07) is 0. The summed E-state index contributed by atoms with van der Waals surface area (Å²) in [5.74, 6) is 3.83. The number of ether oxygens (including phenoxy) is 2. The van der Waals surface area contributed by atoms with E-state index in [-0.39, 0.29) is 17.3 Å². The van der Waals surface area contributed by atoms with Crippen molar-refractivity contribution < 1.29 is 18.7 Å². The van der Waals surface area contributed by atoms with E-state index in [0.717, 1.165) is 49.5 Å². The highest BCUT2D eigenvalue weighted by Crippen LogP contribution is 2.67.